The SMILES string of the molecule is CC(C)OCCCNC(=O)C1CCCN(Cc2cccc3ccccc23)C1. The highest BCUT2D eigenvalue weighted by Gasteiger charge is 2.25. The van der Waals surface area contributed by atoms with Gasteiger partial charge in [-0.1, -0.05) is 42.5 Å². The fourth-order valence-corrected chi connectivity index (χ4v) is 3.83. The van der Waals surface area contributed by atoms with Crippen molar-refractivity contribution in [3.63, 3.8) is 0 Å². The molecule has 0 bridgehead atoms. The van der Waals surface area contributed by atoms with E-state index >= 15 is 0 Å². The molecule has 2 aromatic carbocycles. The largest absolute Gasteiger partial charge is 0.379 e. The number of piperidine rings is 1. The van der Waals surface area contributed by atoms with Gasteiger partial charge in [0.05, 0.1) is 12.0 Å². The second-order valence-corrected chi connectivity index (χ2v) is 7.78. The third-order valence-electron chi connectivity index (χ3n) is 5.22. The minimum Gasteiger partial charge on any atom is -0.379 e. The van der Waals surface area contributed by atoms with Gasteiger partial charge in [-0.3, -0.25) is 9.69 Å². The van der Waals surface area contributed by atoms with Crippen LogP contribution in [-0.2, 0) is 16.1 Å². The standard InChI is InChI=1S/C23H32N2O2/c1-18(2)27-15-7-13-24-23(26)21-11-6-14-25(17-21)16-20-10-5-9-19-8-3-4-12-22(19)20/h3-5,8-10,12,18,21H,6-7,11,13-17H2,1-2H3,(H,24,26). The molecular weight excluding hydrogens is 336 g/mol. The minimum absolute atomic E-state index is 0.0970. The molecule has 0 spiro atoms. The molecule has 1 atom stereocenters. The normalized spacial score (nSPS) is 18.1. The van der Waals surface area contributed by atoms with E-state index in [0.29, 0.717) is 13.2 Å². The molecular formula is C23H32N2O2. The third-order valence-corrected chi connectivity index (χ3v) is 5.22. The second kappa shape index (κ2) is 9.86. The quantitative estimate of drug-likeness (QED) is 0.717. The summed E-state index contributed by atoms with van der Waals surface area (Å²) in [6.45, 7) is 8.29. The van der Waals surface area contributed by atoms with Crippen LogP contribution in [0.3, 0.4) is 0 Å². The summed E-state index contributed by atoms with van der Waals surface area (Å²) in [7, 11) is 0. The van der Waals surface area contributed by atoms with E-state index in [1.165, 1.54) is 16.3 Å². The zero-order chi connectivity index (χ0) is 19.1. The fourth-order valence-electron chi connectivity index (χ4n) is 3.83. The monoisotopic (exact) mass is 368 g/mol. The average Bonchev–Trinajstić information content (AvgIpc) is 2.68. The number of amides is 1. The molecule has 0 saturated carbocycles. The number of ether oxygens (including phenoxy) is 1. The number of fused-ring (bicyclic) bond motifs is 1. The van der Waals surface area contributed by atoms with Crippen molar-refractivity contribution < 1.29 is 9.53 Å². The van der Waals surface area contributed by atoms with Crippen LogP contribution in [-0.4, -0.2) is 43.2 Å². The van der Waals surface area contributed by atoms with Gasteiger partial charge in [0.15, 0.2) is 0 Å². The summed E-state index contributed by atoms with van der Waals surface area (Å²) in [5, 5.41) is 5.69. The van der Waals surface area contributed by atoms with Crippen molar-refractivity contribution in [2.75, 3.05) is 26.2 Å². The van der Waals surface area contributed by atoms with E-state index in [9.17, 15) is 4.79 Å². The van der Waals surface area contributed by atoms with Gasteiger partial charge in [0.2, 0.25) is 5.91 Å². The molecule has 1 N–H and O–H groups in total. The highest BCUT2D eigenvalue weighted by Crippen LogP contribution is 2.23. The van der Waals surface area contributed by atoms with Crippen molar-refractivity contribution in [3.8, 4) is 0 Å². The van der Waals surface area contributed by atoms with Crippen molar-refractivity contribution in [1.29, 1.82) is 0 Å². The smallest absolute Gasteiger partial charge is 0.224 e. The number of benzene rings is 2. The van der Waals surface area contributed by atoms with Gasteiger partial charge in [0.1, 0.15) is 0 Å². The van der Waals surface area contributed by atoms with E-state index in [0.717, 1.165) is 38.9 Å². The van der Waals surface area contributed by atoms with Crippen molar-refractivity contribution in [1.82, 2.24) is 10.2 Å². The molecule has 1 amide bonds. The van der Waals surface area contributed by atoms with Crippen LogP contribution < -0.4 is 5.32 Å². The third kappa shape index (κ3) is 5.78. The lowest BCUT2D eigenvalue weighted by Crippen LogP contribution is -2.43. The molecule has 1 saturated heterocycles. The Hall–Kier alpha value is -1.91. The van der Waals surface area contributed by atoms with E-state index in [4.69, 9.17) is 4.74 Å². The molecule has 0 aliphatic carbocycles. The molecule has 1 unspecified atom stereocenters. The van der Waals surface area contributed by atoms with Gasteiger partial charge in [-0.15, -0.1) is 0 Å². The van der Waals surface area contributed by atoms with Gasteiger partial charge >= 0.3 is 0 Å². The maximum Gasteiger partial charge on any atom is 0.224 e. The molecule has 1 heterocycles. The Bertz CT molecular complexity index is 739. The minimum atomic E-state index is 0.0970. The first kappa shape index (κ1) is 19.8. The Balaban J connectivity index is 1.51. The molecule has 0 aromatic heterocycles. The van der Waals surface area contributed by atoms with Crippen LogP contribution in [0.2, 0.25) is 0 Å². The zero-order valence-electron chi connectivity index (χ0n) is 16.6. The maximum atomic E-state index is 12.5. The summed E-state index contributed by atoms with van der Waals surface area (Å²) in [4.78, 5) is 15.0. The van der Waals surface area contributed by atoms with Gasteiger partial charge in [0.25, 0.3) is 0 Å². The second-order valence-electron chi connectivity index (χ2n) is 7.78. The number of hydrogen-bond acceptors (Lipinski definition) is 3. The fraction of sp³-hybridized carbons (Fsp3) is 0.522. The van der Waals surface area contributed by atoms with E-state index < -0.39 is 0 Å². The lowest BCUT2D eigenvalue weighted by Gasteiger charge is -2.32. The number of hydrogen-bond donors (Lipinski definition) is 1. The van der Waals surface area contributed by atoms with E-state index in [1.54, 1.807) is 0 Å². The molecule has 4 nitrogen and oxygen atoms in total. The van der Waals surface area contributed by atoms with Gasteiger partial charge in [0, 0.05) is 26.2 Å². The molecule has 3 rings (SSSR count). The lowest BCUT2D eigenvalue weighted by atomic mass is 9.96. The Morgan fingerprint density at radius 3 is 2.89 bits per heavy atom. The van der Waals surface area contributed by atoms with E-state index in [2.05, 4.69) is 52.7 Å². The van der Waals surface area contributed by atoms with E-state index in [1.807, 2.05) is 13.8 Å². The van der Waals surface area contributed by atoms with Crippen molar-refractivity contribution >= 4 is 16.7 Å². The highest BCUT2D eigenvalue weighted by molar-refractivity contribution is 5.85. The number of carbonyl (C=O) groups excluding carboxylic acids is 1. The number of carbonyl (C=O) groups is 1. The van der Waals surface area contributed by atoms with Crippen LogP contribution in [0.1, 0.15) is 38.7 Å². The molecule has 0 radical (unpaired) electrons. The molecule has 2 aromatic rings. The van der Waals surface area contributed by atoms with Crippen LogP contribution in [0.4, 0.5) is 0 Å². The van der Waals surface area contributed by atoms with Crippen molar-refractivity contribution in [2.24, 2.45) is 5.92 Å². The van der Waals surface area contributed by atoms with Crippen molar-refractivity contribution in [2.45, 2.75) is 45.8 Å². The number of nitrogens with one attached hydrogen (secondary N) is 1. The lowest BCUT2D eigenvalue weighted by molar-refractivity contribution is -0.126. The van der Waals surface area contributed by atoms with Crippen LogP contribution in [0.5, 0.6) is 0 Å². The van der Waals surface area contributed by atoms with Crippen LogP contribution in [0, 0.1) is 5.92 Å². The van der Waals surface area contributed by atoms with Crippen LogP contribution in [0.15, 0.2) is 42.5 Å². The average molecular weight is 369 g/mol. The predicted molar refractivity (Wildman–Crippen MR) is 111 cm³/mol. The molecule has 1 aliphatic heterocycles. The molecule has 1 aliphatic rings. The van der Waals surface area contributed by atoms with E-state index in [-0.39, 0.29) is 17.9 Å². The Labute approximate surface area is 162 Å². The first-order chi connectivity index (χ1) is 13.1. The predicted octanol–water partition coefficient (Wildman–Crippen LogP) is 3.98. The topological polar surface area (TPSA) is 41.6 Å². The summed E-state index contributed by atoms with van der Waals surface area (Å²) >= 11 is 0. The number of likely N-dealkylation sites (tertiary alicyclic amines) is 1. The number of rotatable bonds is 8. The summed E-state index contributed by atoms with van der Waals surface area (Å²) in [5.74, 6) is 0.293. The van der Waals surface area contributed by atoms with Crippen LogP contribution in [0.25, 0.3) is 10.8 Å². The number of nitrogens with zero attached hydrogens (tertiary/aromatic N) is 1. The molecule has 1 fully saturated rings. The maximum absolute atomic E-state index is 12.5. The summed E-state index contributed by atoms with van der Waals surface area (Å²) in [6, 6.07) is 15.0. The zero-order valence-corrected chi connectivity index (χ0v) is 16.6. The Kier molecular flexibility index (Phi) is 7.25. The van der Waals surface area contributed by atoms with Gasteiger partial charge in [-0.25, -0.2) is 0 Å². The molecule has 27 heavy (non-hydrogen) atoms. The van der Waals surface area contributed by atoms with Gasteiger partial charge in [-0.2, -0.15) is 0 Å². The van der Waals surface area contributed by atoms with Crippen molar-refractivity contribution in [3.05, 3.63) is 48.0 Å². The summed E-state index contributed by atoms with van der Waals surface area (Å²) < 4.78 is 5.53. The highest BCUT2D eigenvalue weighted by atomic mass is 16.5. The summed E-state index contributed by atoms with van der Waals surface area (Å²) in [5.41, 5.74) is 1.35. The molecule has 146 valence electrons. The first-order valence-corrected chi connectivity index (χ1v) is 10.2. The molecule has 4 heteroatoms. The van der Waals surface area contributed by atoms with Gasteiger partial charge in [-0.05, 0) is 56.0 Å². The van der Waals surface area contributed by atoms with Gasteiger partial charge < -0.3 is 10.1 Å². The first-order valence-electron chi connectivity index (χ1n) is 10.2. The Morgan fingerprint density at radius 1 is 1.22 bits per heavy atom. The Morgan fingerprint density at radius 2 is 2.04 bits per heavy atom. The van der Waals surface area contributed by atoms with Crippen LogP contribution >= 0.6 is 0 Å². The summed E-state index contributed by atoms with van der Waals surface area (Å²) in [6.07, 6.45) is 3.19.